The van der Waals surface area contributed by atoms with Crippen LogP contribution in [0.2, 0.25) is 0 Å². The summed E-state index contributed by atoms with van der Waals surface area (Å²) in [6.45, 7) is 12.0. The second-order valence-electron chi connectivity index (χ2n) is 5.45. The first-order chi connectivity index (χ1) is 9.01. The van der Waals surface area contributed by atoms with Crippen LogP contribution in [-0.2, 0) is 0 Å². The number of unbranched alkanes of at least 4 members (excludes halogenated alkanes) is 1. The molecule has 0 rings (SSSR count). The van der Waals surface area contributed by atoms with Crippen molar-refractivity contribution in [2.45, 2.75) is 91.3 Å². The molecule has 0 saturated heterocycles. The van der Waals surface area contributed by atoms with Crippen molar-refractivity contribution in [3.8, 4) is 0 Å². The molecule has 0 aliphatic rings. The molecule has 0 spiro atoms. The van der Waals surface area contributed by atoms with Crippen LogP contribution >= 0.6 is 0 Å². The van der Waals surface area contributed by atoms with E-state index in [9.17, 15) is 0 Å². The Morgan fingerprint density at radius 2 is 1.53 bits per heavy atom. The summed E-state index contributed by atoms with van der Waals surface area (Å²) in [5, 5.41) is 17.8. The van der Waals surface area contributed by atoms with E-state index in [4.69, 9.17) is 10.2 Å². The standard InChI is InChI=1S/C10H20.C7H16O2/c1-4-7-9-10(6-3)8-5-2;1-3-4-7(9)5-6(2)8/h6,10H,3-5,7-9H2,1-2H3;6-9H,3-5H2,1-2H3. The SMILES string of the molecule is C=CC(CCC)CCCC.CCCC(O)CC(C)O. The van der Waals surface area contributed by atoms with Crippen LogP contribution < -0.4 is 0 Å². The summed E-state index contributed by atoms with van der Waals surface area (Å²) in [5.74, 6) is 0.782. The van der Waals surface area contributed by atoms with Gasteiger partial charge in [0.25, 0.3) is 0 Å². The van der Waals surface area contributed by atoms with E-state index in [2.05, 4.69) is 26.5 Å². The number of aliphatic hydroxyl groups excluding tert-OH is 2. The highest BCUT2D eigenvalue weighted by molar-refractivity contribution is 4.77. The molecule has 0 radical (unpaired) electrons. The molecule has 2 nitrogen and oxygen atoms in total. The van der Waals surface area contributed by atoms with Crippen molar-refractivity contribution in [3.63, 3.8) is 0 Å². The molecule has 0 aromatic rings. The van der Waals surface area contributed by atoms with Crippen LogP contribution in [0, 0.1) is 5.92 Å². The molecular formula is C17H36O2. The van der Waals surface area contributed by atoms with Crippen molar-refractivity contribution < 1.29 is 10.2 Å². The average Bonchev–Trinajstić information content (AvgIpc) is 2.34. The summed E-state index contributed by atoms with van der Waals surface area (Å²) >= 11 is 0. The van der Waals surface area contributed by atoms with Crippen molar-refractivity contribution >= 4 is 0 Å². The highest BCUT2D eigenvalue weighted by Crippen LogP contribution is 2.14. The predicted molar refractivity (Wildman–Crippen MR) is 85.3 cm³/mol. The smallest absolute Gasteiger partial charge is 0.0564 e. The normalized spacial score (nSPS) is 15.1. The van der Waals surface area contributed by atoms with Crippen LogP contribution in [0.15, 0.2) is 12.7 Å². The van der Waals surface area contributed by atoms with Gasteiger partial charge >= 0.3 is 0 Å². The third-order valence-corrected chi connectivity index (χ3v) is 3.16. The topological polar surface area (TPSA) is 40.5 Å². The fraction of sp³-hybridized carbons (Fsp3) is 0.882. The Kier molecular flexibility index (Phi) is 17.3. The molecule has 0 aromatic carbocycles. The fourth-order valence-electron chi connectivity index (χ4n) is 2.06. The molecular weight excluding hydrogens is 236 g/mol. The average molecular weight is 272 g/mol. The van der Waals surface area contributed by atoms with Crippen LogP contribution in [0.1, 0.15) is 79.1 Å². The van der Waals surface area contributed by atoms with Crippen LogP contribution in [0.25, 0.3) is 0 Å². The molecule has 0 amide bonds. The number of aliphatic hydroxyl groups is 2. The lowest BCUT2D eigenvalue weighted by Crippen LogP contribution is -2.13. The van der Waals surface area contributed by atoms with E-state index in [-0.39, 0.29) is 12.2 Å². The Bertz CT molecular complexity index is 178. The molecule has 3 atom stereocenters. The van der Waals surface area contributed by atoms with E-state index in [1.54, 1.807) is 6.92 Å². The Balaban J connectivity index is 0. The Morgan fingerprint density at radius 3 is 1.89 bits per heavy atom. The van der Waals surface area contributed by atoms with E-state index in [1.165, 1.54) is 32.1 Å². The summed E-state index contributed by atoms with van der Waals surface area (Å²) in [6, 6.07) is 0. The van der Waals surface area contributed by atoms with Crippen molar-refractivity contribution in [2.24, 2.45) is 5.92 Å². The maximum Gasteiger partial charge on any atom is 0.0564 e. The van der Waals surface area contributed by atoms with Crippen molar-refractivity contribution in [3.05, 3.63) is 12.7 Å². The van der Waals surface area contributed by atoms with Gasteiger partial charge < -0.3 is 10.2 Å². The van der Waals surface area contributed by atoms with Gasteiger partial charge in [0.15, 0.2) is 0 Å². The minimum Gasteiger partial charge on any atom is -0.393 e. The zero-order valence-electron chi connectivity index (χ0n) is 13.6. The van der Waals surface area contributed by atoms with Gasteiger partial charge in [0, 0.05) is 0 Å². The molecule has 2 N–H and O–H groups in total. The van der Waals surface area contributed by atoms with Crippen LogP contribution in [-0.4, -0.2) is 22.4 Å². The van der Waals surface area contributed by atoms with Gasteiger partial charge in [-0.15, -0.1) is 6.58 Å². The first-order valence-electron chi connectivity index (χ1n) is 8.00. The Labute approximate surface area is 120 Å². The molecule has 0 aliphatic carbocycles. The largest absolute Gasteiger partial charge is 0.393 e. The molecule has 0 fully saturated rings. The molecule has 0 bridgehead atoms. The van der Waals surface area contributed by atoms with Crippen LogP contribution in [0.4, 0.5) is 0 Å². The lowest BCUT2D eigenvalue weighted by molar-refractivity contribution is 0.0848. The third kappa shape index (κ3) is 17.7. The van der Waals surface area contributed by atoms with E-state index in [0.29, 0.717) is 6.42 Å². The van der Waals surface area contributed by atoms with Gasteiger partial charge in [0.05, 0.1) is 12.2 Å². The molecule has 19 heavy (non-hydrogen) atoms. The van der Waals surface area contributed by atoms with E-state index < -0.39 is 0 Å². The van der Waals surface area contributed by atoms with E-state index in [0.717, 1.165) is 18.8 Å². The predicted octanol–water partition coefficient (Wildman–Crippen LogP) is 4.70. The number of rotatable bonds is 10. The second-order valence-corrected chi connectivity index (χ2v) is 5.45. The zero-order chi connectivity index (χ0) is 15.1. The van der Waals surface area contributed by atoms with Crippen molar-refractivity contribution in [1.82, 2.24) is 0 Å². The maximum absolute atomic E-state index is 9.06. The van der Waals surface area contributed by atoms with Gasteiger partial charge in [-0.2, -0.15) is 0 Å². The van der Waals surface area contributed by atoms with Crippen molar-refractivity contribution in [2.75, 3.05) is 0 Å². The Hall–Kier alpha value is -0.340. The van der Waals surface area contributed by atoms with Gasteiger partial charge in [-0.25, -0.2) is 0 Å². The molecule has 3 unspecified atom stereocenters. The van der Waals surface area contributed by atoms with E-state index in [1.807, 2.05) is 6.92 Å². The summed E-state index contributed by atoms with van der Waals surface area (Å²) in [6.07, 6.45) is 10.3. The van der Waals surface area contributed by atoms with E-state index >= 15 is 0 Å². The minimum absolute atomic E-state index is 0.310. The second kappa shape index (κ2) is 15.7. The number of hydrogen-bond acceptors (Lipinski definition) is 2. The zero-order valence-corrected chi connectivity index (χ0v) is 13.6. The number of hydrogen-bond donors (Lipinski definition) is 2. The highest BCUT2D eigenvalue weighted by atomic mass is 16.3. The van der Waals surface area contributed by atoms with Gasteiger partial charge in [-0.1, -0.05) is 52.5 Å². The van der Waals surface area contributed by atoms with Gasteiger partial charge in [0.2, 0.25) is 0 Å². The lowest BCUT2D eigenvalue weighted by atomic mass is 9.98. The molecule has 0 heterocycles. The maximum atomic E-state index is 9.06. The monoisotopic (exact) mass is 272 g/mol. The van der Waals surface area contributed by atoms with Gasteiger partial charge in [0.1, 0.15) is 0 Å². The minimum atomic E-state index is -0.369. The summed E-state index contributed by atoms with van der Waals surface area (Å²) in [7, 11) is 0. The molecule has 0 aromatic heterocycles. The van der Waals surface area contributed by atoms with Crippen LogP contribution in [0.3, 0.4) is 0 Å². The number of allylic oxidation sites excluding steroid dienone is 1. The Morgan fingerprint density at radius 1 is 0.947 bits per heavy atom. The first kappa shape index (κ1) is 21.0. The summed E-state index contributed by atoms with van der Waals surface area (Å²) in [5.41, 5.74) is 0. The lowest BCUT2D eigenvalue weighted by Gasteiger charge is -2.09. The molecule has 0 saturated carbocycles. The third-order valence-electron chi connectivity index (χ3n) is 3.16. The highest BCUT2D eigenvalue weighted by Gasteiger charge is 2.05. The molecule has 0 aliphatic heterocycles. The molecule has 2 heteroatoms. The van der Waals surface area contributed by atoms with Crippen LogP contribution in [0.5, 0.6) is 0 Å². The van der Waals surface area contributed by atoms with Crippen molar-refractivity contribution in [1.29, 1.82) is 0 Å². The van der Waals surface area contributed by atoms with Gasteiger partial charge in [-0.3, -0.25) is 0 Å². The molecule has 116 valence electrons. The first-order valence-corrected chi connectivity index (χ1v) is 8.00. The summed E-state index contributed by atoms with van der Waals surface area (Å²) in [4.78, 5) is 0. The van der Waals surface area contributed by atoms with Gasteiger partial charge in [-0.05, 0) is 38.5 Å². The quantitative estimate of drug-likeness (QED) is 0.566. The fourth-order valence-corrected chi connectivity index (χ4v) is 2.06. The summed E-state index contributed by atoms with van der Waals surface area (Å²) < 4.78 is 0.